The molecule has 7 nitrogen and oxygen atoms in total. The summed E-state index contributed by atoms with van der Waals surface area (Å²) in [7, 11) is 1.60. The summed E-state index contributed by atoms with van der Waals surface area (Å²) >= 11 is 0. The molecule has 148 valence electrons. The van der Waals surface area contributed by atoms with Crippen molar-refractivity contribution >= 4 is 17.0 Å². The van der Waals surface area contributed by atoms with Crippen molar-refractivity contribution in [3.63, 3.8) is 0 Å². The summed E-state index contributed by atoms with van der Waals surface area (Å²) < 4.78 is 6.83. The molecule has 1 N–H and O–H groups in total. The Morgan fingerprint density at radius 2 is 1.82 bits per heavy atom. The molecule has 2 heterocycles. The van der Waals surface area contributed by atoms with Crippen LogP contribution in [0, 0.1) is 6.92 Å². The number of furan rings is 1. The first-order valence-corrected chi connectivity index (χ1v) is 9.47. The summed E-state index contributed by atoms with van der Waals surface area (Å²) in [5.74, 6) is 0.0476. The smallest absolute Gasteiger partial charge is 0.265 e. The van der Waals surface area contributed by atoms with Gasteiger partial charge in [-0.1, -0.05) is 38.1 Å². The molecule has 0 radical (unpaired) electrons. The van der Waals surface area contributed by atoms with Gasteiger partial charge in [-0.05, 0) is 31.1 Å². The van der Waals surface area contributed by atoms with Gasteiger partial charge in [0.25, 0.3) is 11.5 Å². The lowest BCUT2D eigenvalue weighted by Gasteiger charge is -2.18. The van der Waals surface area contributed by atoms with Gasteiger partial charge in [0, 0.05) is 20.1 Å². The molecule has 0 unspecified atom stereocenters. The predicted molar refractivity (Wildman–Crippen MR) is 108 cm³/mol. The van der Waals surface area contributed by atoms with Crippen LogP contribution in [0.4, 0.5) is 0 Å². The normalized spacial score (nSPS) is 11.3. The highest BCUT2D eigenvalue weighted by molar-refractivity contribution is 6.06. The van der Waals surface area contributed by atoms with Gasteiger partial charge >= 0.3 is 0 Å². The van der Waals surface area contributed by atoms with Gasteiger partial charge in [-0.25, -0.2) is 4.98 Å². The molecule has 28 heavy (non-hydrogen) atoms. The van der Waals surface area contributed by atoms with Gasteiger partial charge in [0.05, 0.1) is 5.56 Å². The summed E-state index contributed by atoms with van der Waals surface area (Å²) in [6, 6.07) is 8.19. The number of nitrogens with zero attached hydrogens (tertiary/aromatic N) is 3. The molecule has 3 rings (SSSR count). The third-order valence-electron chi connectivity index (χ3n) is 4.95. The monoisotopic (exact) mass is 382 g/mol. The Kier molecular flexibility index (Phi) is 5.94. The van der Waals surface area contributed by atoms with E-state index in [9.17, 15) is 9.59 Å². The van der Waals surface area contributed by atoms with Crippen LogP contribution in [0.3, 0.4) is 0 Å². The van der Waals surface area contributed by atoms with Gasteiger partial charge < -0.3 is 14.3 Å². The van der Waals surface area contributed by atoms with E-state index in [0.717, 1.165) is 25.2 Å². The van der Waals surface area contributed by atoms with Gasteiger partial charge in [0.15, 0.2) is 0 Å². The molecule has 0 bridgehead atoms. The Morgan fingerprint density at radius 1 is 1.18 bits per heavy atom. The second-order valence-corrected chi connectivity index (χ2v) is 6.83. The number of nitrogens with one attached hydrogen (secondary N) is 1. The van der Waals surface area contributed by atoms with Crippen molar-refractivity contribution < 1.29 is 9.21 Å². The minimum Gasteiger partial charge on any atom is -0.442 e. The lowest BCUT2D eigenvalue weighted by atomic mass is 10.1. The predicted octanol–water partition coefficient (Wildman–Crippen LogP) is 2.61. The van der Waals surface area contributed by atoms with Gasteiger partial charge in [-0.3, -0.25) is 14.5 Å². The number of benzene rings is 1. The zero-order chi connectivity index (χ0) is 20.3. The number of carbonyl (C=O) groups is 1. The lowest BCUT2D eigenvalue weighted by molar-refractivity contribution is 0.0950. The number of amides is 1. The zero-order valence-electron chi connectivity index (χ0n) is 16.8. The third-order valence-corrected chi connectivity index (χ3v) is 4.95. The second-order valence-electron chi connectivity index (χ2n) is 6.83. The number of carbonyl (C=O) groups excluding carboxylic acids is 1. The van der Waals surface area contributed by atoms with E-state index in [-0.39, 0.29) is 28.1 Å². The molecule has 0 aliphatic rings. The van der Waals surface area contributed by atoms with Crippen LogP contribution in [0.15, 0.2) is 39.8 Å². The van der Waals surface area contributed by atoms with Crippen LogP contribution in [0.2, 0.25) is 0 Å². The number of aryl methyl sites for hydroxylation is 2. The summed E-state index contributed by atoms with van der Waals surface area (Å²) in [6.07, 6.45) is 1.38. The summed E-state index contributed by atoms with van der Waals surface area (Å²) in [5.41, 5.74) is 2.37. The Bertz CT molecular complexity index is 1030. The van der Waals surface area contributed by atoms with E-state index in [1.165, 1.54) is 16.5 Å². The van der Waals surface area contributed by atoms with Crippen molar-refractivity contribution in [3.8, 4) is 0 Å². The zero-order valence-corrected chi connectivity index (χ0v) is 16.8. The van der Waals surface area contributed by atoms with E-state index in [1.54, 1.807) is 14.0 Å². The maximum absolute atomic E-state index is 12.7. The molecule has 0 saturated heterocycles. The minimum absolute atomic E-state index is 0.187. The molecule has 1 aromatic carbocycles. The van der Waals surface area contributed by atoms with Gasteiger partial charge in [0.1, 0.15) is 17.5 Å². The van der Waals surface area contributed by atoms with Crippen LogP contribution in [0.1, 0.15) is 41.1 Å². The van der Waals surface area contributed by atoms with E-state index in [0.29, 0.717) is 12.3 Å². The molecule has 7 heteroatoms. The van der Waals surface area contributed by atoms with Crippen molar-refractivity contribution in [1.29, 1.82) is 0 Å². The highest BCUT2D eigenvalue weighted by Crippen LogP contribution is 2.20. The SMILES string of the molecule is CCN(CC)Cc1ccc(CNC(=O)c2c(C)oc3ncn(C)c(=O)c23)cc1. The highest BCUT2D eigenvalue weighted by Gasteiger charge is 2.22. The van der Waals surface area contributed by atoms with Crippen LogP contribution in [-0.2, 0) is 20.1 Å². The highest BCUT2D eigenvalue weighted by atomic mass is 16.3. The topological polar surface area (TPSA) is 80.4 Å². The molecule has 0 spiro atoms. The average Bonchev–Trinajstić information content (AvgIpc) is 3.04. The van der Waals surface area contributed by atoms with Gasteiger partial charge in [0.2, 0.25) is 5.71 Å². The molecule has 0 saturated carbocycles. The van der Waals surface area contributed by atoms with Crippen LogP contribution < -0.4 is 10.9 Å². The third kappa shape index (κ3) is 3.99. The van der Waals surface area contributed by atoms with Crippen molar-refractivity contribution in [3.05, 3.63) is 63.4 Å². The Labute approximate surface area is 164 Å². The molecule has 0 atom stereocenters. The fourth-order valence-corrected chi connectivity index (χ4v) is 3.20. The largest absolute Gasteiger partial charge is 0.442 e. The molecule has 0 aliphatic carbocycles. The molecular weight excluding hydrogens is 356 g/mol. The maximum atomic E-state index is 12.7. The molecule has 3 aromatic rings. The lowest BCUT2D eigenvalue weighted by Crippen LogP contribution is -2.26. The maximum Gasteiger partial charge on any atom is 0.265 e. The Hall–Kier alpha value is -2.93. The van der Waals surface area contributed by atoms with E-state index >= 15 is 0 Å². The molecule has 2 aromatic heterocycles. The minimum atomic E-state index is -0.339. The van der Waals surface area contributed by atoms with Crippen molar-refractivity contribution in [2.75, 3.05) is 13.1 Å². The summed E-state index contributed by atoms with van der Waals surface area (Å²) in [4.78, 5) is 31.5. The fraction of sp³-hybridized carbons (Fsp3) is 0.381. The number of fused-ring (bicyclic) bond motifs is 1. The molecular formula is C21H26N4O3. The standard InChI is InChI=1S/C21H26N4O3/c1-5-25(6-2)12-16-9-7-15(8-10-16)11-22-19(26)17-14(3)28-20-18(17)21(27)24(4)13-23-20/h7-10,13H,5-6,11-12H2,1-4H3,(H,22,26). The van der Waals surface area contributed by atoms with Crippen molar-refractivity contribution in [2.24, 2.45) is 7.05 Å². The van der Waals surface area contributed by atoms with Crippen LogP contribution in [0.5, 0.6) is 0 Å². The van der Waals surface area contributed by atoms with Gasteiger partial charge in [-0.2, -0.15) is 0 Å². The number of aromatic nitrogens is 2. The van der Waals surface area contributed by atoms with E-state index in [4.69, 9.17) is 4.42 Å². The molecule has 0 fully saturated rings. The van der Waals surface area contributed by atoms with Crippen LogP contribution >= 0.6 is 0 Å². The first-order valence-electron chi connectivity index (χ1n) is 9.47. The van der Waals surface area contributed by atoms with E-state index < -0.39 is 0 Å². The Balaban J connectivity index is 1.73. The average molecular weight is 382 g/mol. The molecule has 0 aliphatic heterocycles. The van der Waals surface area contributed by atoms with Crippen LogP contribution in [-0.4, -0.2) is 33.4 Å². The van der Waals surface area contributed by atoms with Crippen molar-refractivity contribution in [2.45, 2.75) is 33.9 Å². The quantitative estimate of drug-likeness (QED) is 0.679. The second kappa shape index (κ2) is 8.39. The van der Waals surface area contributed by atoms with Crippen molar-refractivity contribution in [1.82, 2.24) is 19.8 Å². The molecule has 1 amide bonds. The number of rotatable bonds is 7. The van der Waals surface area contributed by atoms with E-state index in [1.807, 2.05) is 12.1 Å². The summed E-state index contributed by atoms with van der Waals surface area (Å²) in [6.45, 7) is 9.28. The fourth-order valence-electron chi connectivity index (χ4n) is 3.20. The Morgan fingerprint density at radius 3 is 2.46 bits per heavy atom. The van der Waals surface area contributed by atoms with Crippen LogP contribution in [0.25, 0.3) is 11.1 Å². The number of hydrogen-bond donors (Lipinski definition) is 1. The van der Waals surface area contributed by atoms with Gasteiger partial charge in [-0.15, -0.1) is 0 Å². The number of hydrogen-bond acceptors (Lipinski definition) is 5. The first-order chi connectivity index (χ1) is 13.4. The summed E-state index contributed by atoms with van der Waals surface area (Å²) in [5, 5.41) is 3.10. The van der Waals surface area contributed by atoms with E-state index in [2.05, 4.69) is 41.2 Å². The first kappa shape index (κ1) is 19.8.